The molecule has 0 aliphatic rings. The van der Waals surface area contributed by atoms with Crippen molar-refractivity contribution in [1.82, 2.24) is 0 Å². The Bertz CT molecular complexity index is 654. The second-order valence-electron chi connectivity index (χ2n) is 3.77. The molecular formula is C12H12BrNO2S3. The Balaban J connectivity index is 2.33. The van der Waals surface area contributed by atoms with Gasteiger partial charge in [0.05, 0.1) is 5.69 Å². The normalized spacial score (nSPS) is 11.5. The van der Waals surface area contributed by atoms with Crippen molar-refractivity contribution in [2.24, 2.45) is 0 Å². The molecule has 0 amide bonds. The Morgan fingerprint density at radius 1 is 1.37 bits per heavy atom. The van der Waals surface area contributed by atoms with Gasteiger partial charge in [-0.05, 0) is 41.5 Å². The van der Waals surface area contributed by atoms with Crippen LogP contribution in [0.3, 0.4) is 0 Å². The largest absolute Gasteiger partial charge is 0.279 e. The number of anilines is 1. The fraction of sp³-hybridized carbons (Fsp3) is 0.167. The number of hydrogen-bond donors (Lipinski definition) is 1. The van der Waals surface area contributed by atoms with Crippen molar-refractivity contribution in [2.45, 2.75) is 9.96 Å². The second-order valence-corrected chi connectivity index (χ2v) is 8.41. The molecule has 1 aromatic carbocycles. The van der Waals surface area contributed by atoms with Gasteiger partial charge in [0.15, 0.2) is 0 Å². The molecule has 19 heavy (non-hydrogen) atoms. The zero-order valence-corrected chi connectivity index (χ0v) is 14.1. The van der Waals surface area contributed by atoms with Gasteiger partial charge in [0.1, 0.15) is 4.21 Å². The van der Waals surface area contributed by atoms with Crippen LogP contribution in [-0.4, -0.2) is 14.7 Å². The monoisotopic (exact) mass is 377 g/mol. The maximum absolute atomic E-state index is 12.2. The number of sulfonamides is 1. The standard InChI is InChI=1S/C12H12BrNO2S3/c1-17-8-9-7-10(13)4-5-11(9)14-19(15,16)12-3-2-6-18-12/h2-7,14H,8H2,1H3. The van der Waals surface area contributed by atoms with Crippen LogP contribution >= 0.6 is 39.0 Å². The first-order valence-electron chi connectivity index (χ1n) is 5.36. The Hall–Kier alpha value is -0.500. The van der Waals surface area contributed by atoms with Crippen LogP contribution < -0.4 is 4.72 Å². The third kappa shape index (κ3) is 3.75. The molecule has 0 spiro atoms. The van der Waals surface area contributed by atoms with Crippen LogP contribution in [0.2, 0.25) is 0 Å². The average molecular weight is 378 g/mol. The summed E-state index contributed by atoms with van der Waals surface area (Å²) in [4.78, 5) is 0. The summed E-state index contributed by atoms with van der Waals surface area (Å²) in [6.07, 6.45) is 1.98. The number of halogens is 1. The van der Waals surface area contributed by atoms with Gasteiger partial charge in [0, 0.05) is 10.2 Å². The van der Waals surface area contributed by atoms with E-state index in [0.29, 0.717) is 9.90 Å². The molecule has 0 saturated carbocycles. The first-order valence-corrected chi connectivity index (χ1v) is 9.91. The van der Waals surface area contributed by atoms with Crippen LogP contribution in [0.5, 0.6) is 0 Å². The van der Waals surface area contributed by atoms with E-state index in [-0.39, 0.29) is 0 Å². The van der Waals surface area contributed by atoms with Crippen LogP contribution in [0.1, 0.15) is 5.56 Å². The van der Waals surface area contributed by atoms with E-state index in [1.807, 2.05) is 18.4 Å². The molecule has 0 atom stereocenters. The van der Waals surface area contributed by atoms with Crippen molar-refractivity contribution >= 4 is 54.7 Å². The van der Waals surface area contributed by atoms with E-state index >= 15 is 0 Å². The van der Waals surface area contributed by atoms with E-state index in [9.17, 15) is 8.42 Å². The third-order valence-corrected chi connectivity index (χ3v) is 6.23. The fourth-order valence-electron chi connectivity index (χ4n) is 1.55. The smallest absolute Gasteiger partial charge is 0.271 e. The maximum Gasteiger partial charge on any atom is 0.271 e. The summed E-state index contributed by atoms with van der Waals surface area (Å²) in [7, 11) is -3.48. The summed E-state index contributed by atoms with van der Waals surface area (Å²) in [5.41, 5.74) is 1.59. The summed E-state index contributed by atoms with van der Waals surface area (Å²) in [6, 6.07) is 8.86. The van der Waals surface area contributed by atoms with Crippen LogP contribution in [0.4, 0.5) is 5.69 Å². The van der Waals surface area contributed by atoms with Crippen molar-refractivity contribution in [3.05, 3.63) is 45.7 Å². The molecule has 0 aliphatic heterocycles. The van der Waals surface area contributed by atoms with Gasteiger partial charge in [-0.15, -0.1) is 11.3 Å². The first-order chi connectivity index (χ1) is 9.03. The molecule has 0 fully saturated rings. The van der Waals surface area contributed by atoms with Crippen molar-refractivity contribution in [1.29, 1.82) is 0 Å². The van der Waals surface area contributed by atoms with Crippen LogP contribution in [0.25, 0.3) is 0 Å². The van der Waals surface area contributed by atoms with Crippen molar-refractivity contribution in [2.75, 3.05) is 11.0 Å². The molecule has 1 heterocycles. The number of benzene rings is 1. The predicted molar refractivity (Wildman–Crippen MR) is 86.5 cm³/mol. The average Bonchev–Trinajstić information content (AvgIpc) is 2.87. The van der Waals surface area contributed by atoms with E-state index < -0.39 is 10.0 Å². The van der Waals surface area contributed by atoms with Gasteiger partial charge in [-0.1, -0.05) is 22.0 Å². The Labute approximate surface area is 129 Å². The summed E-state index contributed by atoms with van der Waals surface area (Å²) >= 11 is 6.25. The SMILES string of the molecule is CSCc1cc(Br)ccc1NS(=O)(=O)c1cccs1. The third-order valence-electron chi connectivity index (χ3n) is 2.37. The molecule has 0 radical (unpaired) electrons. The number of thioether (sulfide) groups is 1. The molecule has 0 saturated heterocycles. The lowest BCUT2D eigenvalue weighted by atomic mass is 10.2. The molecule has 1 aromatic heterocycles. The minimum atomic E-state index is -3.48. The number of nitrogens with one attached hydrogen (secondary N) is 1. The van der Waals surface area contributed by atoms with Crippen LogP contribution in [-0.2, 0) is 15.8 Å². The van der Waals surface area contributed by atoms with E-state index in [1.54, 1.807) is 35.3 Å². The second kappa shape index (κ2) is 6.30. The number of hydrogen-bond acceptors (Lipinski definition) is 4. The Morgan fingerprint density at radius 2 is 2.16 bits per heavy atom. The molecule has 0 unspecified atom stereocenters. The van der Waals surface area contributed by atoms with Gasteiger partial charge in [0.25, 0.3) is 10.0 Å². The fourth-order valence-corrected chi connectivity index (χ4v) is 4.60. The first kappa shape index (κ1) is 14.9. The summed E-state index contributed by atoms with van der Waals surface area (Å²) < 4.78 is 28.3. The number of thiophene rings is 1. The van der Waals surface area contributed by atoms with Crippen molar-refractivity contribution < 1.29 is 8.42 Å². The molecule has 1 N–H and O–H groups in total. The minimum Gasteiger partial charge on any atom is -0.279 e. The Morgan fingerprint density at radius 3 is 2.79 bits per heavy atom. The van der Waals surface area contributed by atoms with Crippen molar-refractivity contribution in [3.63, 3.8) is 0 Å². The summed E-state index contributed by atoms with van der Waals surface area (Å²) in [5, 5.41) is 1.75. The van der Waals surface area contributed by atoms with E-state index in [2.05, 4.69) is 20.7 Å². The van der Waals surface area contributed by atoms with Gasteiger partial charge in [-0.25, -0.2) is 8.42 Å². The van der Waals surface area contributed by atoms with Crippen LogP contribution in [0, 0.1) is 0 Å². The topological polar surface area (TPSA) is 46.2 Å². The molecular weight excluding hydrogens is 366 g/mol. The van der Waals surface area contributed by atoms with Gasteiger partial charge >= 0.3 is 0 Å². The molecule has 0 bridgehead atoms. The lowest BCUT2D eigenvalue weighted by Crippen LogP contribution is -2.12. The highest BCUT2D eigenvalue weighted by atomic mass is 79.9. The van der Waals surface area contributed by atoms with Crippen LogP contribution in [0.15, 0.2) is 44.4 Å². The molecule has 7 heteroatoms. The molecule has 102 valence electrons. The summed E-state index contributed by atoms with van der Waals surface area (Å²) in [6.45, 7) is 0. The highest BCUT2D eigenvalue weighted by Crippen LogP contribution is 2.27. The molecule has 2 aromatic rings. The highest BCUT2D eigenvalue weighted by Gasteiger charge is 2.16. The maximum atomic E-state index is 12.2. The highest BCUT2D eigenvalue weighted by molar-refractivity contribution is 9.10. The predicted octanol–water partition coefficient (Wildman–Crippen LogP) is 4.17. The lowest BCUT2D eigenvalue weighted by molar-refractivity contribution is 0.603. The van der Waals surface area contributed by atoms with Gasteiger partial charge in [-0.3, -0.25) is 4.72 Å². The van der Waals surface area contributed by atoms with E-state index in [0.717, 1.165) is 15.8 Å². The zero-order valence-electron chi connectivity index (χ0n) is 10.1. The van der Waals surface area contributed by atoms with Gasteiger partial charge in [-0.2, -0.15) is 11.8 Å². The van der Waals surface area contributed by atoms with Gasteiger partial charge < -0.3 is 0 Å². The lowest BCUT2D eigenvalue weighted by Gasteiger charge is -2.11. The minimum absolute atomic E-state index is 0.325. The molecule has 3 nitrogen and oxygen atoms in total. The van der Waals surface area contributed by atoms with Crippen molar-refractivity contribution in [3.8, 4) is 0 Å². The quantitative estimate of drug-likeness (QED) is 0.849. The summed E-state index contributed by atoms with van der Waals surface area (Å²) in [5.74, 6) is 0.752. The zero-order chi connectivity index (χ0) is 13.9. The molecule has 0 aliphatic carbocycles. The molecule has 2 rings (SSSR count). The van der Waals surface area contributed by atoms with E-state index in [4.69, 9.17) is 0 Å². The van der Waals surface area contributed by atoms with E-state index in [1.165, 1.54) is 11.3 Å². The Kier molecular flexibility index (Phi) is 4.94. The number of rotatable bonds is 5. The van der Waals surface area contributed by atoms with Gasteiger partial charge in [0.2, 0.25) is 0 Å².